The van der Waals surface area contributed by atoms with E-state index < -0.39 is 17.7 Å². The third-order valence-electron chi connectivity index (χ3n) is 5.49. The van der Waals surface area contributed by atoms with Crippen molar-refractivity contribution < 1.29 is 18.0 Å². The van der Waals surface area contributed by atoms with Crippen LogP contribution < -0.4 is 5.32 Å². The van der Waals surface area contributed by atoms with E-state index in [4.69, 9.17) is 0 Å². The van der Waals surface area contributed by atoms with Gasteiger partial charge >= 0.3 is 6.18 Å². The van der Waals surface area contributed by atoms with Crippen LogP contribution in [0.3, 0.4) is 0 Å². The summed E-state index contributed by atoms with van der Waals surface area (Å²) in [6.45, 7) is 7.73. The van der Waals surface area contributed by atoms with Crippen molar-refractivity contribution in [1.82, 2.24) is 0 Å². The summed E-state index contributed by atoms with van der Waals surface area (Å²) in [5.41, 5.74) is 2.45. The number of carbonyl (C=O) groups is 1. The Kier molecular flexibility index (Phi) is 7.42. The molecule has 2 nitrogen and oxygen atoms in total. The van der Waals surface area contributed by atoms with Gasteiger partial charge in [-0.3, -0.25) is 4.79 Å². The molecular weight excluding hydrogens is 423 g/mol. The number of ketones is 1. The van der Waals surface area contributed by atoms with E-state index in [0.717, 1.165) is 16.7 Å². The smallest absolute Gasteiger partial charge is 0.351 e. The van der Waals surface area contributed by atoms with Crippen LogP contribution in [0, 0.1) is 0 Å². The molecule has 1 N–H and O–H groups in total. The van der Waals surface area contributed by atoms with E-state index in [1.807, 2.05) is 76.2 Å². The summed E-state index contributed by atoms with van der Waals surface area (Å²) < 4.78 is 42.3. The molecule has 0 radical (unpaired) electrons. The Balaban J connectivity index is 2.09. The number of alkyl halides is 3. The zero-order valence-electron chi connectivity index (χ0n) is 19.2. The molecule has 0 saturated heterocycles. The molecule has 0 spiro atoms. The van der Waals surface area contributed by atoms with E-state index in [0.29, 0.717) is 17.3 Å². The van der Waals surface area contributed by atoms with E-state index in [9.17, 15) is 18.0 Å². The zero-order chi connectivity index (χ0) is 24.2. The van der Waals surface area contributed by atoms with Crippen molar-refractivity contribution >= 4 is 11.5 Å². The average Bonchev–Trinajstić information content (AvgIpc) is 2.78. The van der Waals surface area contributed by atoms with Crippen LogP contribution in [0.5, 0.6) is 0 Å². The molecule has 0 aliphatic heterocycles. The van der Waals surface area contributed by atoms with Gasteiger partial charge in [-0.1, -0.05) is 100 Å². The Bertz CT molecular complexity index is 1120. The number of carbonyl (C=O) groups excluding carboxylic acids is 1. The summed E-state index contributed by atoms with van der Waals surface area (Å²) in [6.07, 6.45) is -4.06. The highest BCUT2D eigenvalue weighted by atomic mass is 19.4. The van der Waals surface area contributed by atoms with E-state index in [1.165, 1.54) is 0 Å². The second kappa shape index (κ2) is 10.1. The van der Waals surface area contributed by atoms with E-state index >= 15 is 0 Å². The second-order valence-electron chi connectivity index (χ2n) is 8.58. The van der Waals surface area contributed by atoms with Crippen molar-refractivity contribution in [3.8, 4) is 11.1 Å². The minimum atomic E-state index is -4.73. The summed E-state index contributed by atoms with van der Waals surface area (Å²) in [7, 11) is 0. The van der Waals surface area contributed by atoms with Gasteiger partial charge in [0.05, 0.1) is 0 Å². The number of rotatable bonds is 7. The Morgan fingerprint density at radius 1 is 0.788 bits per heavy atom. The van der Waals surface area contributed by atoms with Gasteiger partial charge in [0.15, 0.2) is 5.78 Å². The summed E-state index contributed by atoms with van der Waals surface area (Å²) in [5.74, 6) is -0.687. The van der Waals surface area contributed by atoms with Crippen molar-refractivity contribution in [2.75, 3.05) is 5.32 Å². The maximum Gasteiger partial charge on any atom is 0.431 e. The standard InChI is InChI=1S/C28H28F3NO/c1-18(2)21-15-10-16-22(19(3)4)27(21)32-26(28(29,30)31)17-25(33)24-14-9-8-13-23(24)20-11-6-5-7-12-20/h5-19,32H,1-4H3. The molecule has 0 aromatic heterocycles. The highest BCUT2D eigenvalue weighted by molar-refractivity contribution is 6.09. The minimum Gasteiger partial charge on any atom is -0.351 e. The van der Waals surface area contributed by atoms with Crippen LogP contribution in [-0.2, 0) is 0 Å². The van der Waals surface area contributed by atoms with Gasteiger partial charge in [-0.05, 0) is 34.1 Å². The Morgan fingerprint density at radius 3 is 1.88 bits per heavy atom. The number of hydrogen-bond acceptors (Lipinski definition) is 2. The summed E-state index contributed by atoms with van der Waals surface area (Å²) in [4.78, 5) is 13.1. The summed E-state index contributed by atoms with van der Waals surface area (Å²) in [6, 6.07) is 21.3. The number of allylic oxidation sites excluding steroid dienone is 2. The van der Waals surface area contributed by atoms with Gasteiger partial charge in [-0.2, -0.15) is 13.2 Å². The van der Waals surface area contributed by atoms with Crippen LogP contribution in [0.2, 0.25) is 0 Å². The Labute approximate surface area is 193 Å². The van der Waals surface area contributed by atoms with Gasteiger partial charge in [-0.25, -0.2) is 0 Å². The summed E-state index contributed by atoms with van der Waals surface area (Å²) >= 11 is 0. The average molecular weight is 452 g/mol. The van der Waals surface area contributed by atoms with Gasteiger partial charge in [-0.15, -0.1) is 0 Å². The van der Waals surface area contributed by atoms with Crippen LogP contribution >= 0.6 is 0 Å². The third-order valence-corrected chi connectivity index (χ3v) is 5.49. The number of nitrogens with one attached hydrogen (secondary N) is 1. The van der Waals surface area contributed by atoms with E-state index in [1.54, 1.807) is 24.3 Å². The van der Waals surface area contributed by atoms with Gasteiger partial charge in [0.2, 0.25) is 0 Å². The lowest BCUT2D eigenvalue weighted by Gasteiger charge is -2.23. The molecule has 0 atom stereocenters. The third kappa shape index (κ3) is 5.72. The lowest BCUT2D eigenvalue weighted by Crippen LogP contribution is -2.22. The predicted molar refractivity (Wildman–Crippen MR) is 129 cm³/mol. The maximum absolute atomic E-state index is 14.1. The van der Waals surface area contributed by atoms with Crippen LogP contribution in [-0.4, -0.2) is 12.0 Å². The van der Waals surface area contributed by atoms with Crippen LogP contribution in [0.25, 0.3) is 11.1 Å². The SMILES string of the molecule is CC(C)c1cccc(C(C)C)c1NC(=CC(=O)c1ccccc1-c1ccccc1)C(F)(F)F. The van der Waals surface area contributed by atoms with Crippen LogP contribution in [0.4, 0.5) is 18.9 Å². The number of hydrogen-bond donors (Lipinski definition) is 1. The number of benzene rings is 3. The first kappa shape index (κ1) is 24.3. The molecule has 0 heterocycles. The molecular formula is C28H28F3NO. The first-order chi connectivity index (χ1) is 15.6. The molecule has 0 amide bonds. The normalized spacial score (nSPS) is 12.3. The molecule has 3 aromatic rings. The molecule has 0 bridgehead atoms. The lowest BCUT2D eigenvalue weighted by molar-refractivity contribution is -0.0903. The van der Waals surface area contributed by atoms with E-state index in [-0.39, 0.29) is 17.4 Å². The quantitative estimate of drug-likeness (QED) is 0.289. The molecule has 0 saturated carbocycles. The fourth-order valence-corrected chi connectivity index (χ4v) is 3.80. The predicted octanol–water partition coefficient (Wildman–Crippen LogP) is 8.34. The Morgan fingerprint density at radius 2 is 1.33 bits per heavy atom. The number of anilines is 1. The first-order valence-corrected chi connectivity index (χ1v) is 11.0. The molecule has 172 valence electrons. The van der Waals surface area contributed by atoms with Gasteiger partial charge in [0.25, 0.3) is 0 Å². The maximum atomic E-state index is 14.1. The number of para-hydroxylation sites is 1. The summed E-state index contributed by atoms with van der Waals surface area (Å²) in [5, 5.41) is 2.59. The van der Waals surface area contributed by atoms with Gasteiger partial charge in [0, 0.05) is 17.3 Å². The zero-order valence-corrected chi connectivity index (χ0v) is 19.2. The molecule has 0 aliphatic carbocycles. The van der Waals surface area contributed by atoms with Crippen LogP contribution in [0.15, 0.2) is 84.6 Å². The fraction of sp³-hybridized carbons (Fsp3) is 0.250. The fourth-order valence-electron chi connectivity index (χ4n) is 3.80. The topological polar surface area (TPSA) is 29.1 Å². The minimum absolute atomic E-state index is 0.00944. The van der Waals surface area contributed by atoms with Crippen molar-refractivity contribution in [3.63, 3.8) is 0 Å². The molecule has 0 unspecified atom stereocenters. The van der Waals surface area contributed by atoms with E-state index in [2.05, 4.69) is 5.32 Å². The van der Waals surface area contributed by atoms with Crippen molar-refractivity contribution in [2.45, 2.75) is 45.7 Å². The molecule has 0 aliphatic rings. The molecule has 5 heteroatoms. The molecule has 0 fully saturated rings. The van der Waals surface area contributed by atoms with Crippen molar-refractivity contribution in [2.24, 2.45) is 0 Å². The second-order valence-corrected chi connectivity index (χ2v) is 8.58. The molecule has 3 rings (SSSR count). The highest BCUT2D eigenvalue weighted by Crippen LogP contribution is 2.36. The molecule has 33 heavy (non-hydrogen) atoms. The highest BCUT2D eigenvalue weighted by Gasteiger charge is 2.36. The van der Waals surface area contributed by atoms with Crippen molar-refractivity contribution in [1.29, 1.82) is 0 Å². The first-order valence-electron chi connectivity index (χ1n) is 11.0. The lowest BCUT2D eigenvalue weighted by atomic mass is 9.92. The van der Waals surface area contributed by atoms with Gasteiger partial charge < -0.3 is 5.32 Å². The monoisotopic (exact) mass is 451 g/mol. The largest absolute Gasteiger partial charge is 0.431 e. The Hall–Kier alpha value is -3.34. The van der Waals surface area contributed by atoms with Crippen LogP contribution in [0.1, 0.15) is 61.0 Å². The van der Waals surface area contributed by atoms with Crippen molar-refractivity contribution in [3.05, 3.63) is 101 Å². The molecule has 3 aromatic carbocycles. The number of halogens is 3. The van der Waals surface area contributed by atoms with Gasteiger partial charge in [0.1, 0.15) is 5.70 Å².